The molecule has 0 saturated heterocycles. The second kappa shape index (κ2) is 7.27. The van der Waals surface area contributed by atoms with Crippen molar-refractivity contribution in [3.63, 3.8) is 0 Å². The van der Waals surface area contributed by atoms with Crippen LogP contribution in [0, 0.1) is 0 Å². The van der Waals surface area contributed by atoms with Crippen molar-refractivity contribution in [3.8, 4) is 0 Å². The van der Waals surface area contributed by atoms with E-state index in [1.165, 1.54) is 0 Å². The van der Waals surface area contributed by atoms with Crippen LogP contribution >= 0.6 is 59.4 Å². The van der Waals surface area contributed by atoms with E-state index in [1.807, 2.05) is 0 Å². The first kappa shape index (κ1) is 14.0. The Morgan fingerprint density at radius 3 is 2.60 bits per heavy atom. The second-order valence-electron chi connectivity index (χ2n) is 2.82. The standard InChI is InChI=1S/C8H10Br3ClN2O/c9-3-1-2-4-15-5-14-7(11)6(10)13-8(14)12/h1-5H2. The summed E-state index contributed by atoms with van der Waals surface area (Å²) < 4.78 is 8.70. The minimum absolute atomic E-state index is 0.411. The van der Waals surface area contributed by atoms with Crippen LogP contribution in [0.25, 0.3) is 0 Å². The van der Waals surface area contributed by atoms with Crippen LogP contribution in [0.4, 0.5) is 0 Å². The molecular formula is C8H10Br3ClN2O. The Bertz CT molecular complexity index is 319. The van der Waals surface area contributed by atoms with Crippen molar-refractivity contribution in [2.45, 2.75) is 19.6 Å². The van der Waals surface area contributed by atoms with Crippen LogP contribution in [0.3, 0.4) is 0 Å². The van der Waals surface area contributed by atoms with E-state index >= 15 is 0 Å². The highest BCUT2D eigenvalue weighted by molar-refractivity contribution is 9.13. The maximum Gasteiger partial charge on any atom is 0.206 e. The van der Waals surface area contributed by atoms with Gasteiger partial charge in [-0.3, -0.25) is 4.57 Å². The van der Waals surface area contributed by atoms with E-state index in [0.717, 1.165) is 29.4 Å². The molecule has 0 aromatic carbocycles. The predicted octanol–water partition coefficient (Wildman–Crippen LogP) is 4.21. The Morgan fingerprint density at radius 2 is 2.07 bits per heavy atom. The number of hydrogen-bond donors (Lipinski definition) is 0. The molecule has 0 spiro atoms. The fraction of sp³-hybridized carbons (Fsp3) is 0.625. The van der Waals surface area contributed by atoms with Crippen molar-refractivity contribution in [2.24, 2.45) is 0 Å². The first-order chi connectivity index (χ1) is 7.16. The summed E-state index contributed by atoms with van der Waals surface area (Å²) in [5.41, 5.74) is 0. The maximum atomic E-state index is 5.89. The van der Waals surface area contributed by atoms with Gasteiger partial charge in [-0.05, 0) is 56.3 Å². The minimum atomic E-state index is 0.411. The van der Waals surface area contributed by atoms with Gasteiger partial charge < -0.3 is 4.74 Å². The van der Waals surface area contributed by atoms with Crippen molar-refractivity contribution in [1.29, 1.82) is 0 Å². The number of aromatic nitrogens is 2. The SMILES string of the molecule is Clc1nc(Br)c(Br)n1COCCCCBr. The van der Waals surface area contributed by atoms with Crippen molar-refractivity contribution < 1.29 is 4.74 Å². The van der Waals surface area contributed by atoms with E-state index in [9.17, 15) is 0 Å². The molecule has 0 radical (unpaired) electrons. The average molecular weight is 425 g/mol. The fourth-order valence-electron chi connectivity index (χ4n) is 0.944. The molecule has 0 aliphatic rings. The van der Waals surface area contributed by atoms with Crippen LogP contribution in [-0.4, -0.2) is 21.5 Å². The summed E-state index contributed by atoms with van der Waals surface area (Å²) in [4.78, 5) is 4.04. The van der Waals surface area contributed by atoms with Gasteiger partial charge in [0.15, 0.2) is 0 Å². The highest BCUT2D eigenvalue weighted by Crippen LogP contribution is 2.26. The Balaban J connectivity index is 2.37. The van der Waals surface area contributed by atoms with Gasteiger partial charge in [-0.25, -0.2) is 4.98 Å². The van der Waals surface area contributed by atoms with Gasteiger partial charge in [0.2, 0.25) is 5.28 Å². The molecule has 3 nitrogen and oxygen atoms in total. The average Bonchev–Trinajstić information content (AvgIpc) is 2.44. The Labute approximate surface area is 119 Å². The summed E-state index contributed by atoms with van der Waals surface area (Å²) in [6, 6.07) is 0. The molecule has 1 aromatic rings. The molecule has 0 aliphatic heterocycles. The molecular weight excluding hydrogens is 415 g/mol. The van der Waals surface area contributed by atoms with Crippen LogP contribution in [0.2, 0.25) is 5.28 Å². The molecule has 0 saturated carbocycles. The minimum Gasteiger partial charge on any atom is -0.361 e. The van der Waals surface area contributed by atoms with Gasteiger partial charge in [-0.15, -0.1) is 0 Å². The molecule has 0 aliphatic carbocycles. The smallest absolute Gasteiger partial charge is 0.206 e. The second-order valence-corrected chi connectivity index (χ2v) is 5.46. The van der Waals surface area contributed by atoms with Crippen LogP contribution in [0.15, 0.2) is 9.21 Å². The molecule has 1 rings (SSSR count). The topological polar surface area (TPSA) is 27.1 Å². The third kappa shape index (κ3) is 4.34. The fourth-order valence-corrected chi connectivity index (χ4v) is 2.50. The molecule has 15 heavy (non-hydrogen) atoms. The quantitative estimate of drug-likeness (QED) is 0.505. The monoisotopic (exact) mass is 422 g/mol. The van der Waals surface area contributed by atoms with Crippen molar-refractivity contribution >= 4 is 59.4 Å². The van der Waals surface area contributed by atoms with E-state index in [-0.39, 0.29) is 0 Å². The first-order valence-corrected chi connectivity index (χ1v) is 7.46. The lowest BCUT2D eigenvalue weighted by Gasteiger charge is -2.06. The van der Waals surface area contributed by atoms with Crippen LogP contribution in [0.5, 0.6) is 0 Å². The summed E-state index contributed by atoms with van der Waals surface area (Å²) >= 11 is 15.9. The van der Waals surface area contributed by atoms with Crippen LogP contribution in [-0.2, 0) is 11.5 Å². The number of ether oxygens (including phenoxy) is 1. The van der Waals surface area contributed by atoms with E-state index in [1.54, 1.807) is 4.57 Å². The van der Waals surface area contributed by atoms with Crippen molar-refractivity contribution in [1.82, 2.24) is 9.55 Å². The number of nitrogens with zero attached hydrogens (tertiary/aromatic N) is 2. The first-order valence-electron chi connectivity index (χ1n) is 4.37. The van der Waals surface area contributed by atoms with Crippen molar-refractivity contribution in [3.05, 3.63) is 14.5 Å². The third-order valence-electron chi connectivity index (χ3n) is 1.71. The number of halogens is 4. The van der Waals surface area contributed by atoms with Gasteiger partial charge in [0.1, 0.15) is 15.9 Å². The van der Waals surface area contributed by atoms with Crippen LogP contribution < -0.4 is 0 Å². The summed E-state index contributed by atoms with van der Waals surface area (Å²) in [7, 11) is 0. The molecule has 7 heteroatoms. The number of rotatable bonds is 6. The van der Waals surface area contributed by atoms with E-state index in [2.05, 4.69) is 52.8 Å². The number of hydrogen-bond acceptors (Lipinski definition) is 2. The van der Waals surface area contributed by atoms with Gasteiger partial charge in [0.05, 0.1) is 0 Å². The van der Waals surface area contributed by atoms with Crippen LogP contribution in [0.1, 0.15) is 12.8 Å². The molecule has 0 N–H and O–H groups in total. The Hall–Kier alpha value is 0.900. The molecule has 0 amide bonds. The van der Waals surface area contributed by atoms with Gasteiger partial charge >= 0.3 is 0 Å². The normalized spacial score (nSPS) is 10.9. The third-order valence-corrected chi connectivity index (χ3v) is 4.45. The molecule has 0 bridgehead atoms. The summed E-state index contributed by atoms with van der Waals surface area (Å²) in [5.74, 6) is 0. The molecule has 1 heterocycles. The number of alkyl halides is 1. The summed E-state index contributed by atoms with van der Waals surface area (Å²) in [6.45, 7) is 1.14. The van der Waals surface area contributed by atoms with Gasteiger partial charge in [0, 0.05) is 11.9 Å². The largest absolute Gasteiger partial charge is 0.361 e. The molecule has 86 valence electrons. The Morgan fingerprint density at radius 1 is 1.33 bits per heavy atom. The highest BCUT2D eigenvalue weighted by atomic mass is 79.9. The zero-order valence-corrected chi connectivity index (χ0v) is 13.4. The lowest BCUT2D eigenvalue weighted by Crippen LogP contribution is -2.04. The number of imidazole rings is 1. The number of unbranched alkanes of at least 4 members (excludes halogenated alkanes) is 1. The molecule has 0 unspecified atom stereocenters. The predicted molar refractivity (Wildman–Crippen MR) is 71.6 cm³/mol. The van der Waals surface area contributed by atoms with E-state index in [4.69, 9.17) is 16.3 Å². The lowest BCUT2D eigenvalue weighted by atomic mass is 10.4. The van der Waals surface area contributed by atoms with Crippen molar-refractivity contribution in [2.75, 3.05) is 11.9 Å². The summed E-state index contributed by atoms with van der Waals surface area (Å²) in [5, 5.41) is 1.42. The zero-order valence-electron chi connectivity index (χ0n) is 7.85. The molecule has 1 aromatic heterocycles. The highest BCUT2D eigenvalue weighted by Gasteiger charge is 2.10. The van der Waals surface area contributed by atoms with E-state index in [0.29, 0.717) is 16.6 Å². The van der Waals surface area contributed by atoms with Gasteiger partial charge in [-0.2, -0.15) is 0 Å². The summed E-state index contributed by atoms with van der Waals surface area (Å²) in [6.07, 6.45) is 2.15. The van der Waals surface area contributed by atoms with Gasteiger partial charge in [-0.1, -0.05) is 15.9 Å². The lowest BCUT2D eigenvalue weighted by molar-refractivity contribution is 0.0738. The Kier molecular flexibility index (Phi) is 6.77. The van der Waals surface area contributed by atoms with E-state index < -0.39 is 0 Å². The van der Waals surface area contributed by atoms with Gasteiger partial charge in [0.25, 0.3) is 0 Å². The zero-order chi connectivity index (χ0) is 11.3. The maximum absolute atomic E-state index is 5.89. The molecule has 0 fully saturated rings. The molecule has 0 atom stereocenters.